The average molecular weight is 367 g/mol. The summed E-state index contributed by atoms with van der Waals surface area (Å²) in [6.45, 7) is 4.67. The van der Waals surface area contributed by atoms with E-state index in [0.717, 1.165) is 36.8 Å². The lowest BCUT2D eigenvalue weighted by atomic mass is 10.0. The van der Waals surface area contributed by atoms with E-state index in [1.807, 2.05) is 25.1 Å². The molecule has 6 nitrogen and oxygen atoms in total. The fraction of sp³-hybridized carbons (Fsp3) is 0.476. The van der Waals surface area contributed by atoms with Crippen molar-refractivity contribution in [3.63, 3.8) is 0 Å². The normalized spacial score (nSPS) is 19.8. The molecule has 2 amide bonds. The van der Waals surface area contributed by atoms with E-state index in [1.165, 1.54) is 5.56 Å². The number of amides is 2. The van der Waals surface area contributed by atoms with Crippen LogP contribution >= 0.6 is 0 Å². The van der Waals surface area contributed by atoms with Gasteiger partial charge in [-0.3, -0.25) is 9.59 Å². The topological polar surface area (TPSA) is 75.4 Å². The van der Waals surface area contributed by atoms with Crippen molar-refractivity contribution in [2.75, 3.05) is 6.54 Å². The third-order valence-corrected chi connectivity index (χ3v) is 5.51. The van der Waals surface area contributed by atoms with E-state index >= 15 is 0 Å². The number of hydrogen-bond donors (Lipinski definition) is 1. The van der Waals surface area contributed by atoms with Crippen LogP contribution in [-0.4, -0.2) is 40.5 Å². The van der Waals surface area contributed by atoms with Crippen LogP contribution in [0.2, 0.25) is 0 Å². The van der Waals surface area contributed by atoms with Crippen LogP contribution in [0.25, 0.3) is 11.3 Å². The Labute approximate surface area is 158 Å². The predicted octanol–water partition coefficient (Wildman–Crippen LogP) is 3.23. The number of carbonyl (C=O) groups is 2. The average Bonchev–Trinajstić information content (AvgIpc) is 3.35. The van der Waals surface area contributed by atoms with Crippen LogP contribution in [-0.2, 0) is 4.79 Å². The molecule has 1 saturated heterocycles. The molecular weight excluding hydrogens is 342 g/mol. The van der Waals surface area contributed by atoms with Crippen LogP contribution < -0.4 is 5.32 Å². The Balaban J connectivity index is 1.53. The van der Waals surface area contributed by atoms with Gasteiger partial charge in [0.25, 0.3) is 5.91 Å². The van der Waals surface area contributed by atoms with Crippen LogP contribution in [0.5, 0.6) is 0 Å². The molecule has 1 aromatic carbocycles. The molecule has 1 N–H and O–H groups in total. The predicted molar refractivity (Wildman–Crippen MR) is 101 cm³/mol. The number of rotatable bonds is 4. The largest absolute Gasteiger partial charge is 0.355 e. The molecular formula is C21H25N3O3. The second-order valence-electron chi connectivity index (χ2n) is 7.67. The number of likely N-dealkylation sites (tertiary alicyclic amines) is 1. The van der Waals surface area contributed by atoms with Gasteiger partial charge in [-0.15, -0.1) is 0 Å². The minimum Gasteiger partial charge on any atom is -0.355 e. The van der Waals surface area contributed by atoms with E-state index in [1.54, 1.807) is 11.0 Å². The summed E-state index contributed by atoms with van der Waals surface area (Å²) >= 11 is 0. The first-order valence-corrected chi connectivity index (χ1v) is 9.68. The van der Waals surface area contributed by atoms with Gasteiger partial charge in [0.05, 0.1) is 0 Å². The first-order valence-electron chi connectivity index (χ1n) is 9.68. The molecule has 2 fully saturated rings. The Bertz CT molecular complexity index is 869. The van der Waals surface area contributed by atoms with Gasteiger partial charge in [-0.25, -0.2) is 0 Å². The van der Waals surface area contributed by atoms with E-state index in [9.17, 15) is 9.59 Å². The van der Waals surface area contributed by atoms with Gasteiger partial charge in [0.1, 0.15) is 6.04 Å². The molecule has 142 valence electrons. The molecule has 4 rings (SSSR count). The molecule has 1 saturated carbocycles. The molecule has 1 aliphatic carbocycles. The van der Waals surface area contributed by atoms with Crippen LogP contribution in [0.3, 0.4) is 0 Å². The third-order valence-electron chi connectivity index (χ3n) is 5.51. The first-order chi connectivity index (χ1) is 13.0. The molecule has 2 heterocycles. The van der Waals surface area contributed by atoms with Crippen molar-refractivity contribution in [3.8, 4) is 11.3 Å². The summed E-state index contributed by atoms with van der Waals surface area (Å²) in [6.07, 6.45) is 4.64. The fourth-order valence-corrected chi connectivity index (χ4v) is 3.53. The Morgan fingerprint density at radius 2 is 1.93 bits per heavy atom. The maximum Gasteiger partial charge on any atom is 0.276 e. The molecule has 1 atom stereocenters. The number of carbonyl (C=O) groups excluding carboxylic acids is 2. The summed E-state index contributed by atoms with van der Waals surface area (Å²) in [5, 5.41) is 7.01. The van der Waals surface area contributed by atoms with Crippen LogP contribution in [0.1, 0.15) is 53.7 Å². The Hall–Kier alpha value is -2.63. The summed E-state index contributed by atoms with van der Waals surface area (Å²) in [6, 6.07) is 7.57. The van der Waals surface area contributed by atoms with Crippen LogP contribution in [0.15, 0.2) is 28.8 Å². The lowest BCUT2D eigenvalue weighted by Crippen LogP contribution is -2.52. The van der Waals surface area contributed by atoms with Crippen molar-refractivity contribution in [2.24, 2.45) is 0 Å². The summed E-state index contributed by atoms with van der Waals surface area (Å²) < 4.78 is 5.43. The molecule has 27 heavy (non-hydrogen) atoms. The van der Waals surface area contributed by atoms with Crippen molar-refractivity contribution >= 4 is 11.8 Å². The molecule has 0 unspecified atom stereocenters. The number of aryl methyl sites for hydroxylation is 2. The van der Waals surface area contributed by atoms with Gasteiger partial charge in [0.2, 0.25) is 5.91 Å². The van der Waals surface area contributed by atoms with E-state index in [4.69, 9.17) is 4.52 Å². The Kier molecular flexibility index (Phi) is 4.72. The van der Waals surface area contributed by atoms with Crippen molar-refractivity contribution in [3.05, 3.63) is 41.1 Å². The molecule has 0 spiro atoms. The number of nitrogens with one attached hydrogen (secondary N) is 1. The highest BCUT2D eigenvalue weighted by atomic mass is 16.5. The number of hydrogen-bond acceptors (Lipinski definition) is 4. The quantitative estimate of drug-likeness (QED) is 0.900. The number of nitrogens with zero attached hydrogens (tertiary/aromatic N) is 2. The second kappa shape index (κ2) is 7.18. The lowest BCUT2D eigenvalue weighted by molar-refractivity contribution is -0.126. The Morgan fingerprint density at radius 1 is 1.11 bits per heavy atom. The fourth-order valence-electron chi connectivity index (χ4n) is 3.53. The van der Waals surface area contributed by atoms with Crippen LogP contribution in [0.4, 0.5) is 0 Å². The lowest BCUT2D eigenvalue weighted by Gasteiger charge is -2.34. The van der Waals surface area contributed by atoms with Crippen LogP contribution in [0, 0.1) is 13.8 Å². The van der Waals surface area contributed by atoms with Gasteiger partial charge in [-0.1, -0.05) is 17.3 Å². The van der Waals surface area contributed by atoms with Gasteiger partial charge in [-0.2, -0.15) is 0 Å². The van der Waals surface area contributed by atoms with Gasteiger partial charge < -0.3 is 14.7 Å². The van der Waals surface area contributed by atoms with Crippen molar-refractivity contribution in [1.82, 2.24) is 15.4 Å². The minimum atomic E-state index is -0.409. The molecule has 2 aromatic rings. The third kappa shape index (κ3) is 3.75. The van der Waals surface area contributed by atoms with E-state index in [-0.39, 0.29) is 17.5 Å². The zero-order valence-corrected chi connectivity index (χ0v) is 15.8. The monoisotopic (exact) mass is 367 g/mol. The minimum absolute atomic E-state index is 0.0385. The summed E-state index contributed by atoms with van der Waals surface area (Å²) in [5.41, 5.74) is 3.51. The molecule has 1 aromatic heterocycles. The highest BCUT2D eigenvalue weighted by Gasteiger charge is 2.36. The SMILES string of the molecule is Cc1ccc(-c2cc(C(=O)N3CCCC[C@H]3C(=O)NC3CC3)no2)cc1C. The van der Waals surface area contributed by atoms with Crippen molar-refractivity contribution in [2.45, 2.75) is 58.0 Å². The molecule has 0 radical (unpaired) electrons. The van der Waals surface area contributed by atoms with Gasteiger partial charge >= 0.3 is 0 Å². The zero-order chi connectivity index (χ0) is 19.0. The van der Waals surface area contributed by atoms with E-state index in [0.29, 0.717) is 24.8 Å². The molecule has 2 aliphatic rings. The maximum atomic E-state index is 13.0. The van der Waals surface area contributed by atoms with Crippen molar-refractivity contribution in [1.29, 1.82) is 0 Å². The summed E-state index contributed by atoms with van der Waals surface area (Å²) in [7, 11) is 0. The van der Waals surface area contributed by atoms with E-state index < -0.39 is 6.04 Å². The highest BCUT2D eigenvalue weighted by molar-refractivity contribution is 5.97. The van der Waals surface area contributed by atoms with Gasteiger partial charge in [0, 0.05) is 24.2 Å². The first kappa shape index (κ1) is 17.8. The summed E-state index contributed by atoms with van der Waals surface area (Å²) in [4.78, 5) is 27.2. The second-order valence-corrected chi connectivity index (χ2v) is 7.67. The number of piperidine rings is 1. The molecule has 0 bridgehead atoms. The van der Waals surface area contributed by atoms with E-state index in [2.05, 4.69) is 17.4 Å². The van der Waals surface area contributed by atoms with Crippen molar-refractivity contribution < 1.29 is 14.1 Å². The maximum absolute atomic E-state index is 13.0. The number of benzene rings is 1. The highest BCUT2D eigenvalue weighted by Crippen LogP contribution is 2.26. The smallest absolute Gasteiger partial charge is 0.276 e. The number of aromatic nitrogens is 1. The molecule has 6 heteroatoms. The summed E-state index contributed by atoms with van der Waals surface area (Å²) in [5.74, 6) is 0.297. The Morgan fingerprint density at radius 3 is 2.67 bits per heavy atom. The molecule has 1 aliphatic heterocycles. The standard InChI is InChI=1S/C21H25N3O3/c1-13-6-7-15(11-14(13)2)19-12-17(23-27-19)21(26)24-10-4-3-5-18(24)20(25)22-16-8-9-16/h6-7,11-12,16,18H,3-5,8-10H2,1-2H3,(H,22,25)/t18-/m0/s1. The van der Waals surface area contributed by atoms with Gasteiger partial charge in [-0.05, 0) is 63.1 Å². The zero-order valence-electron chi connectivity index (χ0n) is 15.8. The van der Waals surface area contributed by atoms with Gasteiger partial charge in [0.15, 0.2) is 11.5 Å².